The molecule has 2 unspecified atom stereocenters. The maximum atomic E-state index is 3.64. The van der Waals surface area contributed by atoms with E-state index in [1.54, 1.807) is 0 Å². The van der Waals surface area contributed by atoms with E-state index < -0.39 is 0 Å². The van der Waals surface area contributed by atoms with Crippen LogP contribution < -0.4 is 5.32 Å². The van der Waals surface area contributed by atoms with Crippen LogP contribution in [-0.4, -0.2) is 62.7 Å². The second-order valence-electron chi connectivity index (χ2n) is 4.82. The zero-order chi connectivity index (χ0) is 10.6. The Hall–Kier alpha value is -0.120. The molecule has 1 aliphatic rings. The first-order chi connectivity index (χ1) is 6.61. The molecule has 3 nitrogen and oxygen atoms in total. The number of likely N-dealkylation sites (N-methyl/N-ethyl adjacent to an activating group) is 2. The van der Waals surface area contributed by atoms with Gasteiger partial charge in [0.15, 0.2) is 0 Å². The van der Waals surface area contributed by atoms with Crippen molar-refractivity contribution in [1.82, 2.24) is 15.1 Å². The summed E-state index contributed by atoms with van der Waals surface area (Å²) in [7, 11) is 4.29. The van der Waals surface area contributed by atoms with Crippen LogP contribution in [0.15, 0.2) is 0 Å². The minimum atomic E-state index is 0.634. The lowest BCUT2D eigenvalue weighted by Crippen LogP contribution is -2.44. The quantitative estimate of drug-likeness (QED) is 0.713. The number of hydrogen-bond donors (Lipinski definition) is 1. The Kier molecular flexibility index (Phi) is 4.85. The molecule has 0 aromatic heterocycles. The fourth-order valence-corrected chi connectivity index (χ4v) is 2.15. The molecular formula is C11H25N3. The fraction of sp³-hybridized carbons (Fsp3) is 1.00. The second kappa shape index (κ2) is 5.69. The first kappa shape index (κ1) is 12.0. The van der Waals surface area contributed by atoms with Crippen molar-refractivity contribution in [3.8, 4) is 0 Å². The van der Waals surface area contributed by atoms with Gasteiger partial charge in [0, 0.05) is 25.7 Å². The second-order valence-corrected chi connectivity index (χ2v) is 4.82. The van der Waals surface area contributed by atoms with Gasteiger partial charge in [0.2, 0.25) is 0 Å². The monoisotopic (exact) mass is 199 g/mol. The van der Waals surface area contributed by atoms with Crippen LogP contribution in [0.2, 0.25) is 0 Å². The third-order valence-electron chi connectivity index (χ3n) is 2.84. The zero-order valence-electron chi connectivity index (χ0n) is 10.1. The highest BCUT2D eigenvalue weighted by molar-refractivity contribution is 4.80. The van der Waals surface area contributed by atoms with Gasteiger partial charge >= 0.3 is 0 Å². The number of hydrogen-bond acceptors (Lipinski definition) is 3. The van der Waals surface area contributed by atoms with Crippen molar-refractivity contribution in [2.45, 2.75) is 19.9 Å². The summed E-state index contributed by atoms with van der Waals surface area (Å²) < 4.78 is 0. The van der Waals surface area contributed by atoms with Crippen molar-refractivity contribution in [3.05, 3.63) is 0 Å². The maximum absolute atomic E-state index is 3.64. The van der Waals surface area contributed by atoms with Crippen LogP contribution in [0, 0.1) is 5.92 Å². The predicted octanol–water partition coefficient (Wildman–Crippen LogP) is 0.478. The SMILES string of the molecule is CCN1CC(C)CNC(CN(C)C)C1. The summed E-state index contributed by atoms with van der Waals surface area (Å²) in [6.45, 7) is 10.5. The molecule has 3 heteroatoms. The van der Waals surface area contributed by atoms with Gasteiger partial charge in [-0.3, -0.25) is 0 Å². The number of nitrogens with one attached hydrogen (secondary N) is 1. The first-order valence-corrected chi connectivity index (χ1v) is 5.72. The molecule has 1 aliphatic heterocycles. The molecule has 0 radical (unpaired) electrons. The zero-order valence-corrected chi connectivity index (χ0v) is 10.1. The lowest BCUT2D eigenvalue weighted by atomic mass is 10.2. The Labute approximate surface area is 88.5 Å². The third-order valence-corrected chi connectivity index (χ3v) is 2.84. The van der Waals surface area contributed by atoms with Gasteiger partial charge in [-0.05, 0) is 33.1 Å². The van der Waals surface area contributed by atoms with Crippen molar-refractivity contribution >= 4 is 0 Å². The van der Waals surface area contributed by atoms with Gasteiger partial charge in [0.1, 0.15) is 0 Å². The smallest absolute Gasteiger partial charge is 0.0322 e. The van der Waals surface area contributed by atoms with Gasteiger partial charge in [-0.2, -0.15) is 0 Å². The largest absolute Gasteiger partial charge is 0.311 e. The molecule has 0 bridgehead atoms. The molecule has 0 aliphatic carbocycles. The average Bonchev–Trinajstić information content (AvgIpc) is 2.27. The molecule has 14 heavy (non-hydrogen) atoms. The van der Waals surface area contributed by atoms with E-state index in [4.69, 9.17) is 0 Å². The van der Waals surface area contributed by atoms with Crippen LogP contribution in [-0.2, 0) is 0 Å². The van der Waals surface area contributed by atoms with Crippen molar-refractivity contribution in [2.24, 2.45) is 5.92 Å². The normalized spacial score (nSPS) is 30.6. The molecule has 1 saturated heterocycles. The Bertz CT molecular complexity index is 159. The summed E-state index contributed by atoms with van der Waals surface area (Å²) in [5.74, 6) is 0.780. The van der Waals surface area contributed by atoms with E-state index in [-0.39, 0.29) is 0 Å². The lowest BCUT2D eigenvalue weighted by molar-refractivity contribution is 0.241. The van der Waals surface area contributed by atoms with Crippen LogP contribution in [0.3, 0.4) is 0 Å². The van der Waals surface area contributed by atoms with Crippen LogP contribution in [0.4, 0.5) is 0 Å². The predicted molar refractivity (Wildman–Crippen MR) is 61.6 cm³/mol. The summed E-state index contributed by atoms with van der Waals surface area (Å²) in [5, 5.41) is 3.64. The Balaban J connectivity index is 2.44. The molecule has 1 N–H and O–H groups in total. The van der Waals surface area contributed by atoms with Crippen LogP contribution >= 0.6 is 0 Å². The summed E-state index contributed by atoms with van der Waals surface area (Å²) in [5.41, 5.74) is 0. The van der Waals surface area contributed by atoms with Crippen LogP contribution in [0.25, 0.3) is 0 Å². The summed E-state index contributed by atoms with van der Waals surface area (Å²) in [6, 6.07) is 0.634. The lowest BCUT2D eigenvalue weighted by Gasteiger charge is -2.25. The number of rotatable bonds is 3. The topological polar surface area (TPSA) is 18.5 Å². The highest BCUT2D eigenvalue weighted by atomic mass is 15.2. The third kappa shape index (κ3) is 3.95. The molecule has 1 fully saturated rings. The summed E-state index contributed by atoms with van der Waals surface area (Å²) in [6.07, 6.45) is 0. The molecule has 2 atom stereocenters. The van der Waals surface area contributed by atoms with E-state index in [2.05, 4.69) is 43.1 Å². The molecule has 1 heterocycles. The maximum Gasteiger partial charge on any atom is 0.0322 e. The summed E-state index contributed by atoms with van der Waals surface area (Å²) in [4.78, 5) is 4.82. The molecular weight excluding hydrogens is 174 g/mol. The van der Waals surface area contributed by atoms with E-state index in [9.17, 15) is 0 Å². The van der Waals surface area contributed by atoms with E-state index in [1.165, 1.54) is 19.6 Å². The summed E-state index contributed by atoms with van der Waals surface area (Å²) >= 11 is 0. The highest BCUT2D eigenvalue weighted by Crippen LogP contribution is 2.06. The van der Waals surface area contributed by atoms with Gasteiger partial charge in [-0.15, -0.1) is 0 Å². The number of nitrogens with zero attached hydrogens (tertiary/aromatic N) is 2. The molecule has 0 amide bonds. The van der Waals surface area contributed by atoms with Crippen molar-refractivity contribution in [3.63, 3.8) is 0 Å². The minimum absolute atomic E-state index is 0.634. The highest BCUT2D eigenvalue weighted by Gasteiger charge is 2.20. The van der Waals surface area contributed by atoms with E-state index in [0.717, 1.165) is 19.0 Å². The first-order valence-electron chi connectivity index (χ1n) is 5.72. The molecule has 0 aromatic carbocycles. The minimum Gasteiger partial charge on any atom is -0.311 e. The van der Waals surface area contributed by atoms with Crippen LogP contribution in [0.1, 0.15) is 13.8 Å². The van der Waals surface area contributed by atoms with Crippen molar-refractivity contribution in [2.75, 3.05) is 46.8 Å². The van der Waals surface area contributed by atoms with Gasteiger partial charge in [-0.1, -0.05) is 13.8 Å². The van der Waals surface area contributed by atoms with Crippen molar-refractivity contribution in [1.29, 1.82) is 0 Å². The average molecular weight is 199 g/mol. The van der Waals surface area contributed by atoms with E-state index in [0.29, 0.717) is 6.04 Å². The Morgan fingerprint density at radius 3 is 2.64 bits per heavy atom. The van der Waals surface area contributed by atoms with Crippen LogP contribution in [0.5, 0.6) is 0 Å². The van der Waals surface area contributed by atoms with Gasteiger partial charge in [0.05, 0.1) is 0 Å². The van der Waals surface area contributed by atoms with Crippen molar-refractivity contribution < 1.29 is 0 Å². The van der Waals surface area contributed by atoms with Gasteiger partial charge < -0.3 is 15.1 Å². The van der Waals surface area contributed by atoms with E-state index in [1.807, 2.05) is 0 Å². The molecule has 0 saturated carbocycles. The Morgan fingerprint density at radius 2 is 2.07 bits per heavy atom. The molecule has 0 aromatic rings. The fourth-order valence-electron chi connectivity index (χ4n) is 2.15. The molecule has 1 rings (SSSR count). The molecule has 84 valence electrons. The van der Waals surface area contributed by atoms with Gasteiger partial charge in [0.25, 0.3) is 0 Å². The standard InChI is InChI=1S/C11H25N3/c1-5-14-7-10(2)6-12-11(9-14)8-13(3)4/h10-12H,5-9H2,1-4H3. The van der Waals surface area contributed by atoms with E-state index >= 15 is 0 Å². The van der Waals surface area contributed by atoms with Gasteiger partial charge in [-0.25, -0.2) is 0 Å². The molecule has 0 spiro atoms. The Morgan fingerprint density at radius 1 is 1.36 bits per heavy atom.